The first-order valence-corrected chi connectivity index (χ1v) is 5.62. The Balaban J connectivity index is 2.21. The third kappa shape index (κ3) is 0.951. The van der Waals surface area contributed by atoms with Gasteiger partial charge in [-0.05, 0) is 35.7 Å². The molecule has 0 saturated heterocycles. The van der Waals surface area contributed by atoms with E-state index in [1.807, 2.05) is 0 Å². The van der Waals surface area contributed by atoms with Crippen LogP contribution in [-0.2, 0) is 6.42 Å². The number of aromatic amines is 1. The number of nitrogens with one attached hydrogen (secondary N) is 1. The molecular formula is C15H11N. The van der Waals surface area contributed by atoms with Gasteiger partial charge >= 0.3 is 0 Å². The van der Waals surface area contributed by atoms with Crippen molar-refractivity contribution in [2.75, 3.05) is 0 Å². The van der Waals surface area contributed by atoms with Gasteiger partial charge in [0.15, 0.2) is 0 Å². The quantitative estimate of drug-likeness (QED) is 0.573. The van der Waals surface area contributed by atoms with Crippen LogP contribution in [0.15, 0.2) is 42.5 Å². The number of allylic oxidation sites excluding steroid dienone is 1. The summed E-state index contributed by atoms with van der Waals surface area (Å²) in [4.78, 5) is 3.47. The predicted molar refractivity (Wildman–Crippen MR) is 68.5 cm³/mol. The predicted octanol–water partition coefficient (Wildman–Crippen LogP) is 3.89. The number of fused-ring (bicyclic) bond motifs is 4. The maximum absolute atomic E-state index is 3.47. The number of hydrogen-bond donors (Lipinski definition) is 1. The van der Waals surface area contributed by atoms with Crippen LogP contribution in [0.2, 0.25) is 0 Å². The number of para-hydroxylation sites is 1. The van der Waals surface area contributed by atoms with Crippen LogP contribution in [0, 0.1) is 0 Å². The van der Waals surface area contributed by atoms with Gasteiger partial charge in [-0.25, -0.2) is 0 Å². The lowest BCUT2D eigenvalue weighted by Gasteiger charge is -1.98. The van der Waals surface area contributed by atoms with E-state index < -0.39 is 0 Å². The molecule has 0 fully saturated rings. The zero-order valence-electron chi connectivity index (χ0n) is 8.83. The Morgan fingerprint density at radius 3 is 2.88 bits per heavy atom. The van der Waals surface area contributed by atoms with Crippen molar-refractivity contribution in [3.63, 3.8) is 0 Å². The highest BCUT2D eigenvalue weighted by atomic mass is 14.7. The van der Waals surface area contributed by atoms with Gasteiger partial charge in [0, 0.05) is 21.8 Å². The molecule has 0 unspecified atom stereocenters. The number of benzene rings is 2. The number of H-pyrrole nitrogens is 1. The summed E-state index contributed by atoms with van der Waals surface area (Å²) in [5, 5.41) is 2.67. The largest absolute Gasteiger partial charge is 0.354 e. The highest BCUT2D eigenvalue weighted by Crippen LogP contribution is 2.30. The molecule has 0 atom stereocenters. The maximum atomic E-state index is 3.47. The normalized spacial score (nSPS) is 13.8. The lowest BCUT2D eigenvalue weighted by atomic mass is 10.1. The first-order valence-electron chi connectivity index (χ1n) is 5.62. The van der Waals surface area contributed by atoms with Crippen molar-refractivity contribution in [2.45, 2.75) is 6.42 Å². The van der Waals surface area contributed by atoms with Gasteiger partial charge in [0.2, 0.25) is 0 Å². The standard InChI is InChI=1S/C15H11N/c1-2-7-14-12(6-1)13-8-10-4-3-5-11(10)9-15(13)16-14/h1-3,5-9,16H,4H2. The highest BCUT2D eigenvalue weighted by Gasteiger charge is 2.09. The summed E-state index contributed by atoms with van der Waals surface area (Å²) in [5.41, 5.74) is 5.27. The van der Waals surface area contributed by atoms with E-state index in [0.717, 1.165) is 6.42 Å². The van der Waals surface area contributed by atoms with Crippen molar-refractivity contribution in [3.8, 4) is 0 Å². The fraction of sp³-hybridized carbons (Fsp3) is 0.0667. The van der Waals surface area contributed by atoms with E-state index in [1.165, 1.54) is 32.9 Å². The zero-order chi connectivity index (χ0) is 10.5. The van der Waals surface area contributed by atoms with Gasteiger partial charge < -0.3 is 4.98 Å². The van der Waals surface area contributed by atoms with Crippen molar-refractivity contribution in [3.05, 3.63) is 53.6 Å². The van der Waals surface area contributed by atoms with Crippen LogP contribution in [0.3, 0.4) is 0 Å². The Bertz CT molecular complexity index is 732. The van der Waals surface area contributed by atoms with Crippen molar-refractivity contribution < 1.29 is 0 Å². The Kier molecular flexibility index (Phi) is 1.41. The van der Waals surface area contributed by atoms with E-state index in [1.54, 1.807) is 0 Å². The minimum Gasteiger partial charge on any atom is -0.354 e. The summed E-state index contributed by atoms with van der Waals surface area (Å²) < 4.78 is 0. The number of hydrogen-bond acceptors (Lipinski definition) is 0. The second-order valence-electron chi connectivity index (χ2n) is 4.37. The van der Waals surface area contributed by atoms with Gasteiger partial charge in [-0.3, -0.25) is 0 Å². The minimum absolute atomic E-state index is 1.07. The summed E-state index contributed by atoms with van der Waals surface area (Å²) >= 11 is 0. The topological polar surface area (TPSA) is 15.8 Å². The molecule has 1 heteroatoms. The average molecular weight is 205 g/mol. The molecule has 2 aromatic carbocycles. The Hall–Kier alpha value is -2.02. The van der Waals surface area contributed by atoms with Gasteiger partial charge in [-0.15, -0.1) is 0 Å². The molecule has 0 saturated carbocycles. The highest BCUT2D eigenvalue weighted by molar-refractivity contribution is 6.08. The molecule has 3 aromatic rings. The lowest BCUT2D eigenvalue weighted by molar-refractivity contribution is 1.32. The van der Waals surface area contributed by atoms with Crippen molar-refractivity contribution in [1.29, 1.82) is 0 Å². The SMILES string of the molecule is C1=Cc2cc3[nH]c4ccccc4c3cc2C1. The van der Waals surface area contributed by atoms with E-state index in [-0.39, 0.29) is 0 Å². The molecule has 0 radical (unpaired) electrons. The van der Waals surface area contributed by atoms with Crippen molar-refractivity contribution in [2.24, 2.45) is 0 Å². The van der Waals surface area contributed by atoms with E-state index in [9.17, 15) is 0 Å². The van der Waals surface area contributed by atoms with Crippen LogP contribution in [0.5, 0.6) is 0 Å². The first kappa shape index (κ1) is 8.17. The maximum Gasteiger partial charge on any atom is 0.0471 e. The van der Waals surface area contributed by atoms with Crippen LogP contribution in [0.1, 0.15) is 11.1 Å². The van der Waals surface area contributed by atoms with Gasteiger partial charge in [0.05, 0.1) is 0 Å². The molecular weight excluding hydrogens is 194 g/mol. The smallest absolute Gasteiger partial charge is 0.0471 e. The second-order valence-corrected chi connectivity index (χ2v) is 4.37. The summed E-state index contributed by atoms with van der Waals surface area (Å²) in [7, 11) is 0. The van der Waals surface area contributed by atoms with Crippen LogP contribution in [-0.4, -0.2) is 4.98 Å². The van der Waals surface area contributed by atoms with E-state index in [0.29, 0.717) is 0 Å². The molecule has 0 spiro atoms. The molecule has 0 aliphatic heterocycles. The number of rotatable bonds is 0. The Labute approximate surface area is 93.4 Å². The summed E-state index contributed by atoms with van der Waals surface area (Å²) in [6.45, 7) is 0. The first-order chi connectivity index (χ1) is 7.92. The molecule has 1 heterocycles. The molecule has 1 nitrogen and oxygen atoms in total. The van der Waals surface area contributed by atoms with Crippen LogP contribution < -0.4 is 0 Å². The molecule has 1 N–H and O–H groups in total. The van der Waals surface area contributed by atoms with Crippen LogP contribution in [0.25, 0.3) is 27.9 Å². The minimum atomic E-state index is 1.07. The summed E-state index contributed by atoms with van der Waals surface area (Å²) in [6.07, 6.45) is 5.51. The molecule has 4 rings (SSSR count). The summed E-state index contributed by atoms with van der Waals surface area (Å²) in [6, 6.07) is 13.1. The zero-order valence-corrected chi connectivity index (χ0v) is 8.83. The lowest BCUT2D eigenvalue weighted by Crippen LogP contribution is -1.80. The Morgan fingerprint density at radius 2 is 1.88 bits per heavy atom. The molecule has 1 aromatic heterocycles. The third-order valence-electron chi connectivity index (χ3n) is 3.40. The fourth-order valence-electron chi connectivity index (χ4n) is 2.60. The van der Waals surface area contributed by atoms with Gasteiger partial charge in [-0.2, -0.15) is 0 Å². The van der Waals surface area contributed by atoms with Crippen molar-refractivity contribution in [1.82, 2.24) is 4.98 Å². The van der Waals surface area contributed by atoms with Crippen LogP contribution >= 0.6 is 0 Å². The monoisotopic (exact) mass is 205 g/mol. The number of aromatic nitrogens is 1. The second kappa shape index (κ2) is 2.76. The van der Waals surface area contributed by atoms with Gasteiger partial charge in [-0.1, -0.05) is 30.4 Å². The van der Waals surface area contributed by atoms with Crippen LogP contribution in [0.4, 0.5) is 0 Å². The average Bonchev–Trinajstić information content (AvgIpc) is 2.88. The molecule has 76 valence electrons. The van der Waals surface area contributed by atoms with Gasteiger partial charge in [0.1, 0.15) is 0 Å². The van der Waals surface area contributed by atoms with Crippen molar-refractivity contribution >= 4 is 27.9 Å². The summed E-state index contributed by atoms with van der Waals surface area (Å²) in [5.74, 6) is 0. The molecule has 0 amide bonds. The van der Waals surface area contributed by atoms with E-state index >= 15 is 0 Å². The molecule has 16 heavy (non-hydrogen) atoms. The van der Waals surface area contributed by atoms with E-state index in [4.69, 9.17) is 0 Å². The molecule has 1 aliphatic carbocycles. The third-order valence-corrected chi connectivity index (χ3v) is 3.40. The van der Waals surface area contributed by atoms with Gasteiger partial charge in [0.25, 0.3) is 0 Å². The molecule has 0 bridgehead atoms. The fourth-order valence-corrected chi connectivity index (χ4v) is 2.60. The van der Waals surface area contributed by atoms with E-state index in [2.05, 4.69) is 53.5 Å². The molecule has 1 aliphatic rings. The Morgan fingerprint density at radius 1 is 0.938 bits per heavy atom.